The Balaban J connectivity index is 1.88. The quantitative estimate of drug-likeness (QED) is 0.483. The number of nitrogens with one attached hydrogen (secondary N) is 1. The van der Waals surface area contributed by atoms with Crippen molar-refractivity contribution in [2.24, 2.45) is 11.5 Å². The summed E-state index contributed by atoms with van der Waals surface area (Å²) in [4.78, 5) is 16.9. The van der Waals surface area contributed by atoms with Gasteiger partial charge in [-0.3, -0.25) is 4.79 Å². The maximum atomic E-state index is 12.1. The lowest BCUT2D eigenvalue weighted by Crippen LogP contribution is -2.22. The fraction of sp³-hybridized carbons (Fsp3) is 0.182. The van der Waals surface area contributed by atoms with Crippen LogP contribution in [-0.4, -0.2) is 21.5 Å². The van der Waals surface area contributed by atoms with Gasteiger partial charge in [-0.05, 0) is 24.6 Å². The molecule has 0 saturated carbocycles. The number of hydrogen-bond acceptors (Lipinski definition) is 4. The lowest BCUT2D eigenvalue weighted by molar-refractivity contribution is 0.100. The summed E-state index contributed by atoms with van der Waals surface area (Å²) in [6.45, 7) is 3.14. The van der Waals surface area contributed by atoms with Crippen molar-refractivity contribution in [2.75, 3.05) is 5.32 Å². The van der Waals surface area contributed by atoms with Crippen LogP contribution in [-0.2, 0) is 13.1 Å². The standard InChI is InChI=1S/C22H23N5O/c1-14(23)13-27-19-10-6-5-9-16(19)17-11-18(20(24)28)21(26-22(17)27)25-12-15-7-3-2-4-8-15/h2-11,14H,12-13,23H2,1H3,(H2,24,28)(H,25,26)/t14-/m0/s1. The average molecular weight is 373 g/mol. The van der Waals surface area contributed by atoms with E-state index in [-0.39, 0.29) is 6.04 Å². The van der Waals surface area contributed by atoms with E-state index in [1.807, 2.05) is 67.6 Å². The lowest BCUT2D eigenvalue weighted by atomic mass is 10.1. The van der Waals surface area contributed by atoms with Crippen LogP contribution in [0.4, 0.5) is 5.82 Å². The Hall–Kier alpha value is -3.38. The molecule has 0 spiro atoms. The van der Waals surface area contributed by atoms with Gasteiger partial charge in [0.1, 0.15) is 11.5 Å². The van der Waals surface area contributed by atoms with Crippen LogP contribution in [0.1, 0.15) is 22.8 Å². The summed E-state index contributed by atoms with van der Waals surface area (Å²) in [5.74, 6) is -0.0217. The molecule has 0 saturated heterocycles. The molecule has 0 bridgehead atoms. The molecule has 5 N–H and O–H groups in total. The van der Waals surface area contributed by atoms with Crippen molar-refractivity contribution in [3.63, 3.8) is 0 Å². The van der Waals surface area contributed by atoms with Gasteiger partial charge in [0.2, 0.25) is 0 Å². The van der Waals surface area contributed by atoms with Gasteiger partial charge in [0.05, 0.1) is 11.1 Å². The van der Waals surface area contributed by atoms with Crippen molar-refractivity contribution in [1.29, 1.82) is 0 Å². The van der Waals surface area contributed by atoms with E-state index >= 15 is 0 Å². The second-order valence-electron chi connectivity index (χ2n) is 7.06. The second-order valence-corrected chi connectivity index (χ2v) is 7.06. The summed E-state index contributed by atoms with van der Waals surface area (Å²) in [6.07, 6.45) is 0. The highest BCUT2D eigenvalue weighted by Gasteiger charge is 2.18. The average Bonchev–Trinajstić information content (AvgIpc) is 2.99. The van der Waals surface area contributed by atoms with Crippen LogP contribution >= 0.6 is 0 Å². The molecule has 6 heteroatoms. The van der Waals surface area contributed by atoms with Crippen molar-refractivity contribution >= 4 is 33.7 Å². The van der Waals surface area contributed by atoms with Gasteiger partial charge in [0.15, 0.2) is 0 Å². The normalized spacial score (nSPS) is 12.4. The summed E-state index contributed by atoms with van der Waals surface area (Å²) in [7, 11) is 0. The molecule has 0 aliphatic rings. The molecular weight excluding hydrogens is 350 g/mol. The van der Waals surface area contributed by atoms with Gasteiger partial charge in [-0.1, -0.05) is 48.5 Å². The van der Waals surface area contributed by atoms with E-state index in [0.717, 1.165) is 27.5 Å². The zero-order valence-electron chi connectivity index (χ0n) is 15.7. The number of para-hydroxylation sites is 1. The summed E-state index contributed by atoms with van der Waals surface area (Å²) in [6, 6.07) is 19.8. The number of aromatic nitrogens is 2. The van der Waals surface area contributed by atoms with Crippen molar-refractivity contribution in [2.45, 2.75) is 26.1 Å². The van der Waals surface area contributed by atoms with Gasteiger partial charge in [-0.2, -0.15) is 0 Å². The number of carbonyl (C=O) groups excluding carboxylic acids is 1. The molecule has 0 fully saturated rings. The highest BCUT2D eigenvalue weighted by Crippen LogP contribution is 2.31. The number of primary amides is 1. The van der Waals surface area contributed by atoms with E-state index in [1.54, 1.807) is 0 Å². The summed E-state index contributed by atoms with van der Waals surface area (Å²) < 4.78 is 2.10. The number of nitrogens with two attached hydrogens (primary N) is 2. The van der Waals surface area contributed by atoms with Crippen LogP contribution in [0.5, 0.6) is 0 Å². The minimum absolute atomic E-state index is 0.0302. The highest BCUT2D eigenvalue weighted by atomic mass is 16.1. The third-order valence-electron chi connectivity index (χ3n) is 4.78. The first-order chi connectivity index (χ1) is 13.5. The van der Waals surface area contributed by atoms with Gasteiger partial charge in [0, 0.05) is 29.9 Å². The fourth-order valence-corrected chi connectivity index (χ4v) is 3.54. The number of nitrogens with zero attached hydrogens (tertiary/aromatic N) is 2. The number of hydrogen-bond donors (Lipinski definition) is 3. The number of benzene rings is 2. The predicted molar refractivity (Wildman–Crippen MR) is 113 cm³/mol. The number of pyridine rings is 1. The maximum Gasteiger partial charge on any atom is 0.252 e. The molecule has 142 valence electrons. The predicted octanol–water partition coefficient (Wildman–Crippen LogP) is 3.25. The largest absolute Gasteiger partial charge is 0.365 e. The van der Waals surface area contributed by atoms with Crippen molar-refractivity contribution in [3.05, 3.63) is 71.8 Å². The minimum atomic E-state index is -0.506. The molecule has 4 rings (SSSR count). The number of fused-ring (bicyclic) bond motifs is 3. The Kier molecular flexibility index (Phi) is 4.71. The van der Waals surface area contributed by atoms with E-state index < -0.39 is 5.91 Å². The molecule has 4 aromatic rings. The Labute approximate surface area is 163 Å². The molecule has 28 heavy (non-hydrogen) atoms. The number of carbonyl (C=O) groups is 1. The van der Waals surface area contributed by atoms with Crippen LogP contribution in [0.15, 0.2) is 60.7 Å². The Morgan fingerprint density at radius 3 is 2.54 bits per heavy atom. The first kappa shape index (κ1) is 18.0. The molecular formula is C22H23N5O. The smallest absolute Gasteiger partial charge is 0.252 e. The fourth-order valence-electron chi connectivity index (χ4n) is 3.54. The Bertz CT molecular complexity index is 1150. The van der Waals surface area contributed by atoms with Gasteiger partial charge < -0.3 is 21.4 Å². The van der Waals surface area contributed by atoms with E-state index in [4.69, 9.17) is 16.5 Å². The molecule has 0 unspecified atom stereocenters. The topological polar surface area (TPSA) is 99.0 Å². The molecule has 2 aromatic heterocycles. The first-order valence-corrected chi connectivity index (χ1v) is 9.29. The second kappa shape index (κ2) is 7.32. The van der Waals surface area contributed by atoms with E-state index in [2.05, 4.69) is 9.88 Å². The van der Waals surface area contributed by atoms with Gasteiger partial charge in [-0.25, -0.2) is 4.98 Å². The molecule has 0 aliphatic carbocycles. The van der Waals surface area contributed by atoms with Crippen LogP contribution in [0.3, 0.4) is 0 Å². The van der Waals surface area contributed by atoms with Crippen LogP contribution in [0, 0.1) is 0 Å². The summed E-state index contributed by atoms with van der Waals surface area (Å²) in [5, 5.41) is 5.20. The zero-order valence-corrected chi connectivity index (χ0v) is 15.7. The third-order valence-corrected chi connectivity index (χ3v) is 4.78. The number of rotatable bonds is 6. The van der Waals surface area contributed by atoms with Gasteiger partial charge in [-0.15, -0.1) is 0 Å². The molecule has 0 aliphatic heterocycles. The first-order valence-electron chi connectivity index (χ1n) is 9.29. The SMILES string of the molecule is C[C@H](N)Cn1c2ccccc2c2cc(C(N)=O)c(NCc3ccccc3)nc21. The van der Waals surface area contributed by atoms with Crippen molar-refractivity contribution < 1.29 is 4.79 Å². The van der Waals surface area contributed by atoms with Gasteiger partial charge >= 0.3 is 0 Å². The molecule has 6 nitrogen and oxygen atoms in total. The monoisotopic (exact) mass is 373 g/mol. The Morgan fingerprint density at radius 2 is 1.82 bits per heavy atom. The van der Waals surface area contributed by atoms with Crippen LogP contribution < -0.4 is 16.8 Å². The van der Waals surface area contributed by atoms with Gasteiger partial charge in [0.25, 0.3) is 5.91 Å². The molecule has 2 heterocycles. The molecule has 0 radical (unpaired) electrons. The van der Waals surface area contributed by atoms with E-state index in [0.29, 0.717) is 24.5 Å². The Morgan fingerprint density at radius 1 is 1.11 bits per heavy atom. The zero-order chi connectivity index (χ0) is 19.7. The lowest BCUT2D eigenvalue weighted by Gasteiger charge is -2.13. The summed E-state index contributed by atoms with van der Waals surface area (Å²) in [5.41, 5.74) is 15.0. The molecule has 1 atom stereocenters. The molecule has 2 aromatic carbocycles. The summed E-state index contributed by atoms with van der Waals surface area (Å²) >= 11 is 0. The van der Waals surface area contributed by atoms with Crippen LogP contribution in [0.2, 0.25) is 0 Å². The number of anilines is 1. The number of amides is 1. The maximum absolute atomic E-state index is 12.1. The van der Waals surface area contributed by atoms with E-state index in [9.17, 15) is 4.79 Å². The van der Waals surface area contributed by atoms with Crippen molar-refractivity contribution in [3.8, 4) is 0 Å². The third kappa shape index (κ3) is 3.30. The van der Waals surface area contributed by atoms with Crippen LogP contribution in [0.25, 0.3) is 21.9 Å². The minimum Gasteiger partial charge on any atom is -0.365 e. The van der Waals surface area contributed by atoms with Crippen molar-refractivity contribution in [1.82, 2.24) is 9.55 Å². The highest BCUT2D eigenvalue weighted by molar-refractivity contribution is 6.10. The van der Waals surface area contributed by atoms with E-state index in [1.165, 1.54) is 0 Å². The molecule has 1 amide bonds.